The predicted molar refractivity (Wildman–Crippen MR) is 74.5 cm³/mol. The molecular weight excluding hydrogens is 320 g/mol. The van der Waals surface area contributed by atoms with Crippen molar-refractivity contribution >= 4 is 33.0 Å². The number of rotatable bonds is 4. The summed E-state index contributed by atoms with van der Waals surface area (Å²) in [7, 11) is -3.77. The Morgan fingerprint density at radius 2 is 1.90 bits per heavy atom. The van der Waals surface area contributed by atoms with Crippen molar-refractivity contribution in [2.45, 2.75) is 23.4 Å². The first-order chi connectivity index (χ1) is 9.81. The fraction of sp³-hybridized carbons (Fsp3) is 0.333. The maximum absolute atomic E-state index is 12.1. The molecular formula is C12H13ClN2O5S. The van der Waals surface area contributed by atoms with E-state index in [2.05, 4.69) is 4.72 Å². The van der Waals surface area contributed by atoms with Gasteiger partial charge in [0.15, 0.2) is 0 Å². The molecule has 2 atom stereocenters. The van der Waals surface area contributed by atoms with Crippen LogP contribution in [-0.2, 0) is 14.8 Å². The molecule has 0 radical (unpaired) electrons. The Labute approximate surface area is 126 Å². The second-order valence-corrected chi connectivity index (χ2v) is 6.66. The highest BCUT2D eigenvalue weighted by molar-refractivity contribution is 7.89. The summed E-state index contributed by atoms with van der Waals surface area (Å²) in [6.45, 7) is -0.0780. The molecule has 0 saturated carbocycles. The van der Waals surface area contributed by atoms with Gasteiger partial charge in [-0.2, -0.15) is 0 Å². The molecule has 1 aromatic carbocycles. The smallest absolute Gasteiger partial charge is 0.326 e. The second kappa shape index (κ2) is 6.00. The maximum Gasteiger partial charge on any atom is 0.326 e. The molecule has 9 heteroatoms. The molecule has 0 aromatic heterocycles. The van der Waals surface area contributed by atoms with Crippen LogP contribution >= 0.6 is 11.6 Å². The van der Waals surface area contributed by atoms with E-state index in [0.717, 1.165) is 4.90 Å². The molecule has 1 fully saturated rings. The van der Waals surface area contributed by atoms with Crippen LogP contribution in [0.2, 0.25) is 0 Å². The molecule has 1 amide bonds. The Hall–Kier alpha value is -1.64. The average Bonchev–Trinajstić information content (AvgIpc) is 2.83. The van der Waals surface area contributed by atoms with Gasteiger partial charge >= 0.3 is 11.3 Å². The zero-order valence-corrected chi connectivity index (χ0v) is 12.3. The summed E-state index contributed by atoms with van der Waals surface area (Å²) < 4.78 is 26.7. The minimum atomic E-state index is -3.77. The molecule has 1 aromatic rings. The van der Waals surface area contributed by atoms with Crippen LogP contribution in [0.4, 0.5) is 4.79 Å². The molecule has 2 N–H and O–H groups in total. The molecule has 1 saturated heterocycles. The number of hydrogen-bond acceptors (Lipinski definition) is 4. The van der Waals surface area contributed by atoms with E-state index in [1.807, 2.05) is 0 Å². The van der Waals surface area contributed by atoms with Gasteiger partial charge < -0.3 is 10.0 Å². The van der Waals surface area contributed by atoms with E-state index in [-0.39, 0.29) is 17.9 Å². The van der Waals surface area contributed by atoms with Crippen LogP contribution in [-0.4, -0.2) is 48.4 Å². The van der Waals surface area contributed by atoms with E-state index >= 15 is 0 Å². The number of carboxylic acid groups (broad SMARTS) is 1. The lowest BCUT2D eigenvalue weighted by atomic mass is 10.2. The molecule has 2 rings (SSSR count). The molecule has 1 aliphatic heterocycles. The summed E-state index contributed by atoms with van der Waals surface area (Å²) in [6.07, 6.45) is -0.0279. The number of halogens is 1. The van der Waals surface area contributed by atoms with Gasteiger partial charge in [-0.1, -0.05) is 18.2 Å². The van der Waals surface area contributed by atoms with Crippen molar-refractivity contribution in [1.82, 2.24) is 9.62 Å². The van der Waals surface area contributed by atoms with E-state index in [1.165, 1.54) is 12.1 Å². The number of amides is 1. The zero-order chi connectivity index (χ0) is 15.6. The van der Waals surface area contributed by atoms with Gasteiger partial charge in [-0.05, 0) is 30.2 Å². The van der Waals surface area contributed by atoms with Crippen LogP contribution in [0.25, 0.3) is 0 Å². The summed E-state index contributed by atoms with van der Waals surface area (Å²) in [5, 5.41) is 8.12. The van der Waals surface area contributed by atoms with Crippen molar-refractivity contribution in [1.29, 1.82) is 0 Å². The number of nitrogens with one attached hydrogen (secondary N) is 1. The zero-order valence-electron chi connectivity index (χ0n) is 10.8. The van der Waals surface area contributed by atoms with E-state index in [0.29, 0.717) is 0 Å². The molecule has 0 unspecified atom stereocenters. The summed E-state index contributed by atoms with van der Waals surface area (Å²) in [4.78, 5) is 23.3. The Balaban J connectivity index is 2.14. The predicted octanol–water partition coefficient (Wildman–Crippen LogP) is 0.851. The fourth-order valence-electron chi connectivity index (χ4n) is 2.24. The number of likely N-dealkylation sites (tertiary alicyclic amines) is 1. The molecule has 114 valence electrons. The first-order valence-electron chi connectivity index (χ1n) is 6.07. The minimum Gasteiger partial charge on any atom is -0.480 e. The van der Waals surface area contributed by atoms with Crippen molar-refractivity contribution in [3.8, 4) is 0 Å². The van der Waals surface area contributed by atoms with Gasteiger partial charge in [0.2, 0.25) is 10.0 Å². The molecule has 0 spiro atoms. The number of aliphatic carboxylic acids is 1. The molecule has 1 heterocycles. The highest BCUT2D eigenvalue weighted by Gasteiger charge is 2.40. The molecule has 0 aliphatic carbocycles. The van der Waals surface area contributed by atoms with Gasteiger partial charge in [0.05, 0.1) is 4.90 Å². The maximum atomic E-state index is 12.1. The van der Waals surface area contributed by atoms with Crippen LogP contribution in [0.3, 0.4) is 0 Å². The van der Waals surface area contributed by atoms with Crippen molar-refractivity contribution in [2.24, 2.45) is 0 Å². The number of sulfonamides is 1. The Bertz CT molecular complexity index is 627. The standard InChI is InChI=1S/C12H13ClN2O5S/c13-12(18)15-7-8(6-10(15)11(16)17)14-21(19,20)9-4-2-1-3-5-9/h1-5,8,10,14H,6-7H2,(H,16,17)/t8-,10+/m1/s1. The topological polar surface area (TPSA) is 104 Å². The molecule has 0 bridgehead atoms. The third-order valence-corrected chi connectivity index (χ3v) is 4.94. The number of hydrogen-bond donors (Lipinski definition) is 2. The monoisotopic (exact) mass is 332 g/mol. The van der Waals surface area contributed by atoms with Crippen molar-refractivity contribution < 1.29 is 23.1 Å². The lowest BCUT2D eigenvalue weighted by Crippen LogP contribution is -2.39. The third-order valence-electron chi connectivity index (χ3n) is 3.19. The van der Waals surface area contributed by atoms with E-state index < -0.39 is 33.4 Å². The van der Waals surface area contributed by atoms with Crippen molar-refractivity contribution in [2.75, 3.05) is 6.54 Å². The van der Waals surface area contributed by atoms with Gasteiger partial charge in [0, 0.05) is 12.6 Å². The number of carbonyl (C=O) groups excluding carboxylic acids is 1. The number of nitrogens with zero attached hydrogens (tertiary/aromatic N) is 1. The van der Waals surface area contributed by atoms with Crippen LogP contribution in [0, 0.1) is 0 Å². The third kappa shape index (κ3) is 3.52. The number of benzene rings is 1. The molecule has 7 nitrogen and oxygen atoms in total. The summed E-state index contributed by atoms with van der Waals surface area (Å²) >= 11 is 5.32. The van der Waals surface area contributed by atoms with Gasteiger partial charge in [-0.15, -0.1) is 0 Å². The fourth-order valence-corrected chi connectivity index (χ4v) is 3.68. The highest BCUT2D eigenvalue weighted by atomic mass is 35.5. The first-order valence-corrected chi connectivity index (χ1v) is 7.93. The SMILES string of the molecule is O=C(O)[C@@H]1C[C@@H](NS(=O)(=O)c2ccccc2)CN1C(=O)Cl. The van der Waals surface area contributed by atoms with Crippen molar-refractivity contribution in [3.63, 3.8) is 0 Å². The van der Waals surface area contributed by atoms with Gasteiger partial charge in [0.25, 0.3) is 0 Å². The van der Waals surface area contributed by atoms with E-state index in [4.69, 9.17) is 16.7 Å². The Kier molecular flexibility index (Phi) is 4.50. The lowest BCUT2D eigenvalue weighted by molar-refractivity contribution is -0.141. The lowest BCUT2D eigenvalue weighted by Gasteiger charge is -2.17. The summed E-state index contributed by atoms with van der Waals surface area (Å²) in [6, 6.07) is 5.88. The molecule has 1 aliphatic rings. The summed E-state index contributed by atoms with van der Waals surface area (Å²) in [5.74, 6) is -1.22. The van der Waals surface area contributed by atoms with Crippen LogP contribution in [0.15, 0.2) is 35.2 Å². The van der Waals surface area contributed by atoms with E-state index in [1.54, 1.807) is 18.2 Å². The van der Waals surface area contributed by atoms with Crippen LogP contribution in [0.1, 0.15) is 6.42 Å². The van der Waals surface area contributed by atoms with Crippen LogP contribution < -0.4 is 4.72 Å². The minimum absolute atomic E-state index is 0.0279. The van der Waals surface area contributed by atoms with E-state index in [9.17, 15) is 18.0 Å². The number of carboxylic acids is 1. The Morgan fingerprint density at radius 1 is 1.29 bits per heavy atom. The van der Waals surface area contributed by atoms with Crippen molar-refractivity contribution in [3.05, 3.63) is 30.3 Å². The molecule has 21 heavy (non-hydrogen) atoms. The normalized spacial score (nSPS) is 22.2. The van der Waals surface area contributed by atoms with Gasteiger partial charge in [-0.3, -0.25) is 4.79 Å². The number of carbonyl (C=O) groups is 2. The van der Waals surface area contributed by atoms with Gasteiger partial charge in [0.1, 0.15) is 6.04 Å². The first kappa shape index (κ1) is 15.7. The highest BCUT2D eigenvalue weighted by Crippen LogP contribution is 2.21. The summed E-state index contributed by atoms with van der Waals surface area (Å²) in [5.41, 5.74) is 0. The quantitative estimate of drug-likeness (QED) is 0.628. The Morgan fingerprint density at radius 3 is 2.38 bits per heavy atom. The van der Waals surface area contributed by atoms with Crippen LogP contribution in [0.5, 0.6) is 0 Å². The largest absolute Gasteiger partial charge is 0.480 e. The second-order valence-electron chi connectivity index (χ2n) is 4.63. The van der Waals surface area contributed by atoms with Gasteiger partial charge in [-0.25, -0.2) is 17.9 Å². The average molecular weight is 333 g/mol.